The molecule has 1 aliphatic heterocycles. The predicted octanol–water partition coefficient (Wildman–Crippen LogP) is 4.04. The number of rotatable bonds is 5. The predicted molar refractivity (Wildman–Crippen MR) is 85.8 cm³/mol. The number of thiophene rings is 1. The van der Waals surface area contributed by atoms with Gasteiger partial charge < -0.3 is 5.32 Å². The van der Waals surface area contributed by atoms with Gasteiger partial charge in [-0.05, 0) is 73.6 Å². The fourth-order valence-corrected chi connectivity index (χ4v) is 4.63. The molecule has 2 fully saturated rings. The van der Waals surface area contributed by atoms with Crippen molar-refractivity contribution in [3.8, 4) is 0 Å². The molecule has 2 heterocycles. The third kappa shape index (κ3) is 3.60. The van der Waals surface area contributed by atoms with Crippen LogP contribution >= 0.6 is 27.3 Å². The minimum atomic E-state index is 0.582. The molecule has 1 aliphatic carbocycles. The second-order valence-corrected chi connectivity index (χ2v) is 7.82. The maximum absolute atomic E-state index is 3.58. The van der Waals surface area contributed by atoms with E-state index in [9.17, 15) is 0 Å². The Balaban J connectivity index is 1.66. The van der Waals surface area contributed by atoms with E-state index in [-0.39, 0.29) is 0 Å². The molecule has 19 heavy (non-hydrogen) atoms. The van der Waals surface area contributed by atoms with E-state index in [1.165, 1.54) is 54.7 Å². The Morgan fingerprint density at radius 2 is 2.11 bits per heavy atom. The van der Waals surface area contributed by atoms with Gasteiger partial charge >= 0.3 is 0 Å². The van der Waals surface area contributed by atoms with Gasteiger partial charge in [-0.3, -0.25) is 4.90 Å². The molecule has 3 rings (SSSR count). The topological polar surface area (TPSA) is 15.3 Å². The quantitative estimate of drug-likeness (QED) is 0.868. The zero-order valence-corrected chi connectivity index (χ0v) is 14.0. The molecule has 4 heteroatoms. The van der Waals surface area contributed by atoms with E-state index >= 15 is 0 Å². The molecule has 2 nitrogen and oxygen atoms in total. The lowest BCUT2D eigenvalue weighted by molar-refractivity contribution is 0.154. The molecule has 1 aromatic heterocycles. The van der Waals surface area contributed by atoms with E-state index in [0.29, 0.717) is 6.04 Å². The summed E-state index contributed by atoms with van der Waals surface area (Å²) in [6.07, 6.45) is 5.51. The monoisotopic (exact) mass is 342 g/mol. The van der Waals surface area contributed by atoms with Crippen LogP contribution in [-0.2, 0) is 0 Å². The van der Waals surface area contributed by atoms with Gasteiger partial charge in [0.15, 0.2) is 0 Å². The molecule has 1 N–H and O–H groups in total. The van der Waals surface area contributed by atoms with E-state index in [1.54, 1.807) is 0 Å². The molecule has 0 amide bonds. The van der Waals surface area contributed by atoms with Crippen LogP contribution in [0.4, 0.5) is 0 Å². The number of nitrogens with zero attached hydrogens (tertiary/aromatic N) is 1. The summed E-state index contributed by atoms with van der Waals surface area (Å²) in [4.78, 5) is 4.28. The first kappa shape index (κ1) is 14.1. The molecule has 1 saturated heterocycles. The highest BCUT2D eigenvalue weighted by Crippen LogP contribution is 2.38. The third-order valence-electron chi connectivity index (χ3n) is 4.44. The zero-order chi connectivity index (χ0) is 13.2. The Morgan fingerprint density at radius 3 is 2.68 bits per heavy atom. The van der Waals surface area contributed by atoms with E-state index < -0.39 is 0 Å². The number of hydrogen-bond acceptors (Lipinski definition) is 3. The van der Waals surface area contributed by atoms with Crippen molar-refractivity contribution in [3.05, 3.63) is 20.8 Å². The minimum absolute atomic E-state index is 0.582. The van der Waals surface area contributed by atoms with Crippen molar-refractivity contribution >= 4 is 27.3 Å². The SMILES string of the molecule is CC(c1cc(Br)cs1)N(CC1CCNCC1)C1CC1. The maximum atomic E-state index is 3.58. The lowest BCUT2D eigenvalue weighted by Gasteiger charge is -2.34. The van der Waals surface area contributed by atoms with Crippen molar-refractivity contribution in [1.29, 1.82) is 0 Å². The van der Waals surface area contributed by atoms with Crippen LogP contribution in [0.3, 0.4) is 0 Å². The van der Waals surface area contributed by atoms with Gasteiger partial charge in [0, 0.05) is 33.4 Å². The lowest BCUT2D eigenvalue weighted by atomic mass is 9.96. The fourth-order valence-electron chi connectivity index (χ4n) is 3.10. The standard InChI is InChI=1S/C15H23BrN2S/c1-11(15-8-13(16)10-19-15)18(14-2-3-14)9-12-4-6-17-7-5-12/h8,10-12,14,17H,2-7,9H2,1H3. The Morgan fingerprint density at radius 1 is 1.37 bits per heavy atom. The fraction of sp³-hybridized carbons (Fsp3) is 0.733. The Kier molecular flexibility index (Phi) is 4.62. The summed E-state index contributed by atoms with van der Waals surface area (Å²) in [5.74, 6) is 0.896. The smallest absolute Gasteiger partial charge is 0.0416 e. The third-order valence-corrected chi connectivity index (χ3v) is 6.30. The van der Waals surface area contributed by atoms with Gasteiger partial charge in [0.1, 0.15) is 0 Å². The van der Waals surface area contributed by atoms with Crippen molar-refractivity contribution in [1.82, 2.24) is 10.2 Å². The average Bonchev–Trinajstić information content (AvgIpc) is 3.18. The van der Waals surface area contributed by atoms with Gasteiger partial charge in [-0.25, -0.2) is 0 Å². The molecule has 1 atom stereocenters. The van der Waals surface area contributed by atoms with Crippen molar-refractivity contribution in [3.63, 3.8) is 0 Å². The van der Waals surface area contributed by atoms with Crippen LogP contribution in [0.15, 0.2) is 15.9 Å². The average molecular weight is 343 g/mol. The van der Waals surface area contributed by atoms with Gasteiger partial charge in [-0.15, -0.1) is 11.3 Å². The molecule has 0 bridgehead atoms. The second kappa shape index (κ2) is 6.25. The molecule has 106 valence electrons. The van der Waals surface area contributed by atoms with Crippen LogP contribution in [0.5, 0.6) is 0 Å². The highest BCUT2D eigenvalue weighted by molar-refractivity contribution is 9.10. The van der Waals surface area contributed by atoms with Crippen molar-refractivity contribution in [2.45, 2.75) is 44.7 Å². The number of halogens is 1. The first-order valence-corrected chi connectivity index (χ1v) is 9.11. The molecular weight excluding hydrogens is 320 g/mol. The number of hydrogen-bond donors (Lipinski definition) is 1. The Labute approximate surface area is 128 Å². The van der Waals surface area contributed by atoms with Gasteiger partial charge in [-0.2, -0.15) is 0 Å². The van der Waals surface area contributed by atoms with E-state index in [0.717, 1.165) is 12.0 Å². The van der Waals surface area contributed by atoms with Gasteiger partial charge in [0.25, 0.3) is 0 Å². The van der Waals surface area contributed by atoms with Crippen LogP contribution in [0.2, 0.25) is 0 Å². The molecule has 0 radical (unpaired) electrons. The first-order chi connectivity index (χ1) is 9.24. The summed E-state index contributed by atoms with van der Waals surface area (Å²) in [6.45, 7) is 6.10. The van der Waals surface area contributed by atoms with Crippen molar-refractivity contribution in [2.24, 2.45) is 5.92 Å². The van der Waals surface area contributed by atoms with Crippen LogP contribution in [-0.4, -0.2) is 30.6 Å². The summed E-state index contributed by atoms with van der Waals surface area (Å²) in [6, 6.07) is 3.73. The van der Waals surface area contributed by atoms with Crippen LogP contribution in [0, 0.1) is 5.92 Å². The maximum Gasteiger partial charge on any atom is 0.0416 e. The highest BCUT2D eigenvalue weighted by atomic mass is 79.9. The van der Waals surface area contributed by atoms with Gasteiger partial charge in [0.05, 0.1) is 0 Å². The van der Waals surface area contributed by atoms with Crippen LogP contribution < -0.4 is 5.32 Å². The van der Waals surface area contributed by atoms with Crippen LogP contribution in [0.1, 0.15) is 43.5 Å². The first-order valence-electron chi connectivity index (χ1n) is 7.44. The highest BCUT2D eigenvalue weighted by Gasteiger charge is 2.34. The summed E-state index contributed by atoms with van der Waals surface area (Å²) in [5.41, 5.74) is 0. The lowest BCUT2D eigenvalue weighted by Crippen LogP contribution is -2.38. The molecule has 1 aromatic rings. The largest absolute Gasteiger partial charge is 0.317 e. The van der Waals surface area contributed by atoms with E-state index in [4.69, 9.17) is 0 Å². The second-order valence-electron chi connectivity index (χ2n) is 5.96. The van der Waals surface area contributed by atoms with Crippen LogP contribution in [0.25, 0.3) is 0 Å². The molecule has 1 saturated carbocycles. The molecule has 0 aromatic carbocycles. The minimum Gasteiger partial charge on any atom is -0.317 e. The van der Waals surface area contributed by atoms with E-state index in [1.807, 2.05) is 11.3 Å². The van der Waals surface area contributed by atoms with Crippen molar-refractivity contribution < 1.29 is 0 Å². The molecular formula is C15H23BrN2S. The van der Waals surface area contributed by atoms with Crippen molar-refractivity contribution in [2.75, 3.05) is 19.6 Å². The summed E-state index contributed by atoms with van der Waals surface area (Å²) in [5, 5.41) is 5.68. The number of piperidine rings is 1. The van der Waals surface area contributed by atoms with E-state index in [2.05, 4.69) is 44.5 Å². The molecule has 2 aliphatic rings. The molecule has 1 unspecified atom stereocenters. The Hall–Kier alpha value is 0.1000. The number of nitrogens with one attached hydrogen (secondary N) is 1. The van der Waals surface area contributed by atoms with Gasteiger partial charge in [0.2, 0.25) is 0 Å². The Bertz CT molecular complexity index is 410. The molecule has 0 spiro atoms. The normalized spacial score (nSPS) is 22.9. The summed E-state index contributed by atoms with van der Waals surface area (Å²) >= 11 is 5.48. The van der Waals surface area contributed by atoms with Gasteiger partial charge in [-0.1, -0.05) is 0 Å². The summed E-state index contributed by atoms with van der Waals surface area (Å²) < 4.78 is 1.23. The zero-order valence-electron chi connectivity index (χ0n) is 11.6. The summed E-state index contributed by atoms with van der Waals surface area (Å²) in [7, 11) is 0.